The van der Waals surface area contributed by atoms with Crippen LogP contribution < -0.4 is 4.74 Å². The third-order valence-electron chi connectivity index (χ3n) is 3.43. The van der Waals surface area contributed by atoms with Gasteiger partial charge in [0, 0.05) is 3.57 Å². The van der Waals surface area contributed by atoms with E-state index in [-0.39, 0.29) is 12.2 Å². The summed E-state index contributed by atoms with van der Waals surface area (Å²) in [7, 11) is 0. The Labute approximate surface area is 143 Å². The average Bonchev–Trinajstić information content (AvgIpc) is 2.51. The molecule has 0 N–H and O–H groups in total. The van der Waals surface area contributed by atoms with E-state index in [4.69, 9.17) is 9.47 Å². The highest BCUT2D eigenvalue weighted by molar-refractivity contribution is 14.1. The standard InChI is InChI=1S/C17H16INO3/c18-14-6-8-15(9-7-14)22-16-10-19(11-16)17(20)21-12-13-4-2-1-3-5-13/h1-9,16H,10-12H2. The van der Waals surface area contributed by atoms with E-state index >= 15 is 0 Å². The van der Waals surface area contributed by atoms with E-state index in [2.05, 4.69) is 22.6 Å². The molecule has 1 fully saturated rings. The Balaban J connectivity index is 1.41. The predicted molar refractivity (Wildman–Crippen MR) is 91.8 cm³/mol. The molecule has 114 valence electrons. The molecule has 1 aliphatic heterocycles. The number of likely N-dealkylation sites (tertiary alicyclic amines) is 1. The van der Waals surface area contributed by atoms with Gasteiger partial charge in [-0.25, -0.2) is 4.79 Å². The van der Waals surface area contributed by atoms with Crippen molar-refractivity contribution in [3.63, 3.8) is 0 Å². The van der Waals surface area contributed by atoms with Crippen LogP contribution in [0, 0.1) is 3.57 Å². The number of nitrogens with zero attached hydrogens (tertiary/aromatic N) is 1. The quantitative estimate of drug-likeness (QED) is 0.724. The van der Waals surface area contributed by atoms with Crippen molar-refractivity contribution in [1.82, 2.24) is 4.90 Å². The molecular weight excluding hydrogens is 393 g/mol. The molecule has 4 nitrogen and oxygen atoms in total. The highest BCUT2D eigenvalue weighted by Gasteiger charge is 2.33. The Hall–Kier alpha value is -1.76. The maximum Gasteiger partial charge on any atom is 0.410 e. The number of ether oxygens (including phenoxy) is 2. The van der Waals surface area contributed by atoms with Crippen LogP contribution in [0.5, 0.6) is 5.75 Å². The van der Waals surface area contributed by atoms with Crippen LogP contribution in [0.4, 0.5) is 4.79 Å². The number of rotatable bonds is 4. The number of carbonyl (C=O) groups excluding carboxylic acids is 1. The van der Waals surface area contributed by atoms with Gasteiger partial charge in [-0.1, -0.05) is 30.3 Å². The van der Waals surface area contributed by atoms with Crippen LogP contribution in [0.25, 0.3) is 0 Å². The molecule has 1 heterocycles. The number of halogens is 1. The van der Waals surface area contributed by atoms with E-state index in [9.17, 15) is 4.79 Å². The first-order valence-corrected chi connectivity index (χ1v) is 8.16. The molecule has 1 amide bonds. The van der Waals surface area contributed by atoms with Crippen molar-refractivity contribution in [3.8, 4) is 5.75 Å². The van der Waals surface area contributed by atoms with E-state index in [1.54, 1.807) is 4.90 Å². The molecule has 0 radical (unpaired) electrons. The minimum Gasteiger partial charge on any atom is -0.487 e. The van der Waals surface area contributed by atoms with Crippen LogP contribution in [-0.4, -0.2) is 30.2 Å². The van der Waals surface area contributed by atoms with Crippen molar-refractivity contribution >= 4 is 28.7 Å². The van der Waals surface area contributed by atoms with Crippen LogP contribution in [0.2, 0.25) is 0 Å². The van der Waals surface area contributed by atoms with Crippen LogP contribution in [-0.2, 0) is 11.3 Å². The predicted octanol–water partition coefficient (Wildman–Crippen LogP) is 3.69. The lowest BCUT2D eigenvalue weighted by molar-refractivity contribution is 0.00869. The molecule has 0 aromatic heterocycles. The topological polar surface area (TPSA) is 38.8 Å². The molecule has 0 bridgehead atoms. The number of benzene rings is 2. The minimum atomic E-state index is -0.286. The largest absolute Gasteiger partial charge is 0.487 e. The van der Waals surface area contributed by atoms with Gasteiger partial charge in [0.05, 0.1) is 13.1 Å². The van der Waals surface area contributed by atoms with Crippen LogP contribution >= 0.6 is 22.6 Å². The van der Waals surface area contributed by atoms with Gasteiger partial charge in [0.15, 0.2) is 0 Å². The van der Waals surface area contributed by atoms with Gasteiger partial charge >= 0.3 is 6.09 Å². The van der Waals surface area contributed by atoms with Crippen molar-refractivity contribution < 1.29 is 14.3 Å². The monoisotopic (exact) mass is 409 g/mol. The number of carbonyl (C=O) groups is 1. The van der Waals surface area contributed by atoms with Gasteiger partial charge in [0.2, 0.25) is 0 Å². The van der Waals surface area contributed by atoms with Gasteiger partial charge in [-0.3, -0.25) is 0 Å². The highest BCUT2D eigenvalue weighted by atomic mass is 127. The summed E-state index contributed by atoms with van der Waals surface area (Å²) in [5.41, 5.74) is 0.989. The lowest BCUT2D eigenvalue weighted by atomic mass is 10.2. The lowest BCUT2D eigenvalue weighted by Crippen LogP contribution is -2.56. The zero-order chi connectivity index (χ0) is 15.4. The van der Waals surface area contributed by atoms with Gasteiger partial charge in [0.1, 0.15) is 18.5 Å². The van der Waals surface area contributed by atoms with Crippen molar-refractivity contribution in [2.75, 3.05) is 13.1 Å². The zero-order valence-corrected chi connectivity index (χ0v) is 14.1. The maximum atomic E-state index is 11.9. The third-order valence-corrected chi connectivity index (χ3v) is 4.15. The molecule has 0 saturated carbocycles. The highest BCUT2D eigenvalue weighted by Crippen LogP contribution is 2.20. The summed E-state index contributed by atoms with van der Waals surface area (Å²) in [6.07, 6.45) is -0.240. The second-order valence-electron chi connectivity index (χ2n) is 5.14. The average molecular weight is 409 g/mol. The first kappa shape index (κ1) is 15.1. The van der Waals surface area contributed by atoms with Gasteiger partial charge in [-0.2, -0.15) is 0 Å². The Morgan fingerprint density at radius 3 is 2.45 bits per heavy atom. The normalized spacial score (nSPS) is 14.3. The third kappa shape index (κ3) is 3.91. The summed E-state index contributed by atoms with van der Waals surface area (Å²) in [6.45, 7) is 1.44. The van der Waals surface area contributed by atoms with Crippen molar-refractivity contribution in [2.45, 2.75) is 12.7 Å². The molecule has 22 heavy (non-hydrogen) atoms. The summed E-state index contributed by atoms with van der Waals surface area (Å²) in [5.74, 6) is 0.836. The summed E-state index contributed by atoms with van der Waals surface area (Å²) < 4.78 is 12.2. The molecule has 0 unspecified atom stereocenters. The molecule has 1 saturated heterocycles. The van der Waals surface area contributed by atoms with Crippen molar-refractivity contribution in [1.29, 1.82) is 0 Å². The SMILES string of the molecule is O=C(OCc1ccccc1)N1CC(Oc2ccc(I)cc2)C1. The van der Waals surface area contributed by atoms with Crippen molar-refractivity contribution in [3.05, 3.63) is 63.7 Å². The maximum absolute atomic E-state index is 11.9. The molecule has 1 aliphatic rings. The molecule has 0 spiro atoms. The smallest absolute Gasteiger partial charge is 0.410 e. The summed E-state index contributed by atoms with van der Waals surface area (Å²) in [5, 5.41) is 0. The molecule has 2 aromatic rings. The first-order chi connectivity index (χ1) is 10.7. The summed E-state index contributed by atoms with van der Waals surface area (Å²) in [6, 6.07) is 17.6. The van der Waals surface area contributed by atoms with E-state index < -0.39 is 0 Å². The molecule has 0 atom stereocenters. The van der Waals surface area contributed by atoms with Gasteiger partial charge in [-0.15, -0.1) is 0 Å². The molecule has 5 heteroatoms. The number of hydrogen-bond donors (Lipinski definition) is 0. The van der Waals surface area contributed by atoms with Gasteiger partial charge in [-0.05, 0) is 52.4 Å². The zero-order valence-electron chi connectivity index (χ0n) is 11.9. The Morgan fingerprint density at radius 2 is 1.77 bits per heavy atom. The Morgan fingerprint density at radius 1 is 1.09 bits per heavy atom. The van der Waals surface area contributed by atoms with Crippen LogP contribution in [0.1, 0.15) is 5.56 Å². The Bertz CT molecular complexity index is 624. The molecular formula is C17H16INO3. The second kappa shape index (κ2) is 7.00. The Kier molecular flexibility index (Phi) is 4.82. The summed E-state index contributed by atoms with van der Waals surface area (Å²) >= 11 is 2.25. The van der Waals surface area contributed by atoms with E-state index in [1.165, 1.54) is 3.57 Å². The fraction of sp³-hybridized carbons (Fsp3) is 0.235. The van der Waals surface area contributed by atoms with Gasteiger partial charge in [0.25, 0.3) is 0 Å². The molecule has 0 aliphatic carbocycles. The lowest BCUT2D eigenvalue weighted by Gasteiger charge is -2.37. The summed E-state index contributed by atoms with van der Waals surface area (Å²) in [4.78, 5) is 13.5. The van der Waals surface area contributed by atoms with E-state index in [0.717, 1.165) is 11.3 Å². The van der Waals surface area contributed by atoms with Crippen LogP contribution in [0.3, 0.4) is 0 Å². The van der Waals surface area contributed by atoms with Crippen LogP contribution in [0.15, 0.2) is 54.6 Å². The first-order valence-electron chi connectivity index (χ1n) is 7.08. The fourth-order valence-corrected chi connectivity index (χ4v) is 2.54. The van der Waals surface area contributed by atoms with E-state index in [1.807, 2.05) is 54.6 Å². The van der Waals surface area contributed by atoms with Crippen molar-refractivity contribution in [2.24, 2.45) is 0 Å². The number of hydrogen-bond acceptors (Lipinski definition) is 3. The minimum absolute atomic E-state index is 0.0457. The fourth-order valence-electron chi connectivity index (χ4n) is 2.18. The molecule has 2 aromatic carbocycles. The number of amides is 1. The van der Waals surface area contributed by atoms with E-state index in [0.29, 0.717) is 19.7 Å². The van der Waals surface area contributed by atoms with Gasteiger partial charge < -0.3 is 14.4 Å². The molecule has 3 rings (SSSR count). The second-order valence-corrected chi connectivity index (χ2v) is 6.38.